The van der Waals surface area contributed by atoms with E-state index in [1.54, 1.807) is 12.1 Å². The minimum Gasteiger partial charge on any atom is -0.508 e. The van der Waals surface area contributed by atoms with Gasteiger partial charge in [0.15, 0.2) is 0 Å². The molecule has 1 atom stereocenters. The molecule has 1 unspecified atom stereocenters. The first kappa shape index (κ1) is 12.2. The molecule has 0 saturated carbocycles. The van der Waals surface area contributed by atoms with E-state index in [0.717, 1.165) is 12.8 Å². The highest BCUT2D eigenvalue weighted by Crippen LogP contribution is 2.27. The van der Waals surface area contributed by atoms with Crippen molar-refractivity contribution in [3.63, 3.8) is 0 Å². The van der Waals surface area contributed by atoms with Crippen molar-refractivity contribution in [2.24, 2.45) is 0 Å². The Morgan fingerprint density at radius 1 is 0.941 bits per heavy atom. The highest BCUT2D eigenvalue weighted by molar-refractivity contribution is 9.09. The van der Waals surface area contributed by atoms with Gasteiger partial charge in [0, 0.05) is 4.83 Å². The van der Waals surface area contributed by atoms with E-state index in [9.17, 15) is 5.11 Å². The number of rotatable bonds is 4. The van der Waals surface area contributed by atoms with Crippen molar-refractivity contribution in [3.8, 4) is 5.75 Å². The van der Waals surface area contributed by atoms with Gasteiger partial charge in [-0.3, -0.25) is 0 Å². The standard InChI is InChI=1S/C15H15BrO/c16-15(13-4-2-1-3-5-13)11-8-12-6-9-14(17)10-7-12/h1-7,9-10,15,17H,8,11H2. The van der Waals surface area contributed by atoms with Crippen LogP contribution in [-0.2, 0) is 6.42 Å². The van der Waals surface area contributed by atoms with Crippen LogP contribution in [0, 0.1) is 0 Å². The predicted octanol–water partition coefficient (Wildman–Crippen LogP) is 4.46. The molecule has 2 rings (SSSR count). The number of hydrogen-bond donors (Lipinski definition) is 1. The van der Waals surface area contributed by atoms with Crippen molar-refractivity contribution in [3.05, 3.63) is 65.7 Å². The summed E-state index contributed by atoms with van der Waals surface area (Å²) in [5.74, 6) is 0.326. The maximum absolute atomic E-state index is 9.20. The third-order valence-electron chi connectivity index (χ3n) is 2.78. The largest absolute Gasteiger partial charge is 0.508 e. The van der Waals surface area contributed by atoms with Crippen molar-refractivity contribution in [2.45, 2.75) is 17.7 Å². The summed E-state index contributed by atoms with van der Waals surface area (Å²) in [5, 5.41) is 9.20. The normalized spacial score (nSPS) is 12.3. The molecular weight excluding hydrogens is 276 g/mol. The van der Waals surface area contributed by atoms with Crippen LogP contribution in [0.4, 0.5) is 0 Å². The van der Waals surface area contributed by atoms with Crippen LogP contribution < -0.4 is 0 Å². The summed E-state index contributed by atoms with van der Waals surface area (Å²) < 4.78 is 0. The molecule has 0 aliphatic heterocycles. The number of alkyl halides is 1. The van der Waals surface area contributed by atoms with E-state index in [1.165, 1.54) is 11.1 Å². The first-order valence-corrected chi connectivity index (χ1v) is 6.64. The first-order chi connectivity index (χ1) is 8.25. The molecule has 0 heterocycles. The van der Waals surface area contributed by atoms with Gasteiger partial charge in [-0.25, -0.2) is 0 Å². The number of hydrogen-bond acceptors (Lipinski definition) is 1. The zero-order valence-corrected chi connectivity index (χ0v) is 11.1. The van der Waals surface area contributed by atoms with Crippen LogP contribution in [0.15, 0.2) is 54.6 Å². The Bertz CT molecular complexity index is 450. The molecular formula is C15H15BrO. The average molecular weight is 291 g/mol. The molecule has 88 valence electrons. The summed E-state index contributed by atoms with van der Waals surface area (Å²) in [6.07, 6.45) is 2.06. The zero-order chi connectivity index (χ0) is 12.1. The van der Waals surface area contributed by atoms with Crippen LogP contribution >= 0.6 is 15.9 Å². The number of phenols is 1. The van der Waals surface area contributed by atoms with Gasteiger partial charge in [0.1, 0.15) is 5.75 Å². The molecule has 17 heavy (non-hydrogen) atoms. The molecule has 0 aromatic heterocycles. The van der Waals surface area contributed by atoms with Crippen LogP contribution in [-0.4, -0.2) is 5.11 Å². The van der Waals surface area contributed by atoms with Crippen LogP contribution in [0.5, 0.6) is 5.75 Å². The summed E-state index contributed by atoms with van der Waals surface area (Å²) in [5.41, 5.74) is 2.56. The smallest absolute Gasteiger partial charge is 0.115 e. The van der Waals surface area contributed by atoms with Crippen molar-refractivity contribution in [1.82, 2.24) is 0 Å². The second kappa shape index (κ2) is 5.87. The molecule has 1 N–H and O–H groups in total. The van der Waals surface area contributed by atoms with E-state index in [0.29, 0.717) is 10.6 Å². The van der Waals surface area contributed by atoms with E-state index >= 15 is 0 Å². The second-order valence-electron chi connectivity index (χ2n) is 4.08. The van der Waals surface area contributed by atoms with Gasteiger partial charge >= 0.3 is 0 Å². The van der Waals surface area contributed by atoms with E-state index in [1.807, 2.05) is 18.2 Å². The van der Waals surface area contributed by atoms with E-state index in [2.05, 4.69) is 40.2 Å². The van der Waals surface area contributed by atoms with Gasteiger partial charge < -0.3 is 5.11 Å². The van der Waals surface area contributed by atoms with Gasteiger partial charge in [-0.05, 0) is 36.1 Å². The van der Waals surface area contributed by atoms with Gasteiger partial charge in [-0.2, -0.15) is 0 Å². The summed E-state index contributed by atoms with van der Waals surface area (Å²) in [6.45, 7) is 0. The Morgan fingerprint density at radius 2 is 1.59 bits per heavy atom. The number of phenolic OH excluding ortho intramolecular Hbond substituents is 1. The quantitative estimate of drug-likeness (QED) is 0.824. The predicted molar refractivity (Wildman–Crippen MR) is 74.5 cm³/mol. The van der Waals surface area contributed by atoms with E-state index in [4.69, 9.17) is 0 Å². The average Bonchev–Trinajstić information content (AvgIpc) is 2.39. The molecule has 2 heteroatoms. The third-order valence-corrected chi connectivity index (χ3v) is 3.77. The Hall–Kier alpha value is -1.28. The molecule has 2 aromatic carbocycles. The molecule has 0 spiro atoms. The van der Waals surface area contributed by atoms with Crippen LogP contribution in [0.25, 0.3) is 0 Å². The highest BCUT2D eigenvalue weighted by atomic mass is 79.9. The molecule has 0 saturated heterocycles. The number of aromatic hydroxyl groups is 1. The Kier molecular flexibility index (Phi) is 4.21. The van der Waals surface area contributed by atoms with E-state index in [-0.39, 0.29) is 0 Å². The topological polar surface area (TPSA) is 20.2 Å². The maximum atomic E-state index is 9.20. The lowest BCUT2D eigenvalue weighted by molar-refractivity contribution is 0.475. The number of halogens is 1. The van der Waals surface area contributed by atoms with Crippen molar-refractivity contribution >= 4 is 15.9 Å². The first-order valence-electron chi connectivity index (χ1n) is 5.72. The van der Waals surface area contributed by atoms with Crippen molar-refractivity contribution < 1.29 is 5.11 Å². The van der Waals surface area contributed by atoms with Gasteiger partial charge in [-0.15, -0.1) is 0 Å². The fourth-order valence-corrected chi connectivity index (χ4v) is 2.32. The molecule has 2 aromatic rings. The van der Waals surface area contributed by atoms with Crippen LogP contribution in [0.1, 0.15) is 22.4 Å². The number of aryl methyl sites for hydroxylation is 1. The molecule has 1 nitrogen and oxygen atoms in total. The molecule has 0 amide bonds. The lowest BCUT2D eigenvalue weighted by Gasteiger charge is -2.10. The monoisotopic (exact) mass is 290 g/mol. The van der Waals surface area contributed by atoms with Gasteiger partial charge in [0.25, 0.3) is 0 Å². The van der Waals surface area contributed by atoms with Gasteiger partial charge in [0.05, 0.1) is 0 Å². The van der Waals surface area contributed by atoms with E-state index < -0.39 is 0 Å². The minimum absolute atomic E-state index is 0.326. The fourth-order valence-electron chi connectivity index (χ4n) is 1.78. The minimum atomic E-state index is 0.326. The molecule has 0 bridgehead atoms. The maximum Gasteiger partial charge on any atom is 0.115 e. The lowest BCUT2D eigenvalue weighted by atomic mass is 10.0. The van der Waals surface area contributed by atoms with Crippen molar-refractivity contribution in [2.75, 3.05) is 0 Å². The zero-order valence-electron chi connectivity index (χ0n) is 9.51. The lowest BCUT2D eigenvalue weighted by Crippen LogP contribution is -1.93. The Morgan fingerprint density at radius 3 is 2.24 bits per heavy atom. The molecule has 0 aliphatic rings. The number of benzene rings is 2. The van der Waals surface area contributed by atoms with Gasteiger partial charge in [-0.1, -0.05) is 58.4 Å². The SMILES string of the molecule is Oc1ccc(CCC(Br)c2ccccc2)cc1. The Labute approximate surface area is 110 Å². The van der Waals surface area contributed by atoms with Crippen LogP contribution in [0.2, 0.25) is 0 Å². The molecule has 0 fully saturated rings. The summed E-state index contributed by atoms with van der Waals surface area (Å²) >= 11 is 3.71. The molecule has 0 radical (unpaired) electrons. The molecule has 0 aliphatic carbocycles. The van der Waals surface area contributed by atoms with Gasteiger partial charge in [0.2, 0.25) is 0 Å². The van der Waals surface area contributed by atoms with Crippen LogP contribution in [0.3, 0.4) is 0 Å². The summed E-state index contributed by atoms with van der Waals surface area (Å²) in [7, 11) is 0. The summed E-state index contributed by atoms with van der Waals surface area (Å²) in [4.78, 5) is 0.387. The summed E-state index contributed by atoms with van der Waals surface area (Å²) in [6, 6.07) is 17.8. The highest BCUT2D eigenvalue weighted by Gasteiger charge is 2.06. The Balaban J connectivity index is 1.92. The second-order valence-corrected chi connectivity index (χ2v) is 5.19. The third kappa shape index (κ3) is 3.60. The van der Waals surface area contributed by atoms with Crippen molar-refractivity contribution in [1.29, 1.82) is 0 Å². The fraction of sp³-hybridized carbons (Fsp3) is 0.200.